The first kappa shape index (κ1) is 17.9. The van der Waals surface area contributed by atoms with Crippen molar-refractivity contribution in [2.24, 2.45) is 5.92 Å². The first-order valence-electron chi connectivity index (χ1n) is 9.14. The Morgan fingerprint density at radius 3 is 1.84 bits per heavy atom. The summed E-state index contributed by atoms with van der Waals surface area (Å²) in [4.78, 5) is 3.58. The summed E-state index contributed by atoms with van der Waals surface area (Å²) in [6.45, 7) is 8.41. The largest absolute Gasteiger partial charge is 0.352 e. The Morgan fingerprint density at radius 2 is 1.44 bits per heavy atom. The predicted octanol–water partition coefficient (Wildman–Crippen LogP) is 6.49. The fourth-order valence-corrected chi connectivity index (χ4v) is 4.33. The van der Waals surface area contributed by atoms with Crippen molar-refractivity contribution in [3.05, 3.63) is 83.9 Å². The lowest BCUT2D eigenvalue weighted by Gasteiger charge is -2.36. The molecule has 0 spiro atoms. The zero-order chi connectivity index (χ0) is 17.8. The second-order valence-electron chi connectivity index (χ2n) is 7.24. The number of benzene rings is 2. The van der Waals surface area contributed by atoms with Crippen LogP contribution in [0.3, 0.4) is 0 Å². The number of hydrogen-bond acceptors (Lipinski definition) is 1. The van der Waals surface area contributed by atoms with Gasteiger partial charge in [-0.3, -0.25) is 0 Å². The third-order valence-electron chi connectivity index (χ3n) is 5.08. The van der Waals surface area contributed by atoms with Gasteiger partial charge in [0.25, 0.3) is 0 Å². The smallest absolute Gasteiger partial charge is 0.0821 e. The van der Waals surface area contributed by atoms with Crippen LogP contribution in [0.25, 0.3) is 0 Å². The van der Waals surface area contributed by atoms with Gasteiger partial charge < -0.3 is 4.90 Å². The highest BCUT2D eigenvalue weighted by molar-refractivity contribution is 7.80. The molecule has 0 aromatic heterocycles. The third-order valence-corrected chi connectivity index (χ3v) is 5.70. The van der Waals surface area contributed by atoms with Crippen LogP contribution in [0.4, 0.5) is 0 Å². The number of allylic oxidation sites excluding steroid dienone is 1. The SMILES string of the molecule is C=C(C)C[C@H](C)C(=S)N1[C@@H](c2ccccc2)CC[C@@H]1c1ccccc1. The Bertz CT molecular complexity index is 675. The van der Waals surface area contributed by atoms with E-state index in [1.165, 1.54) is 16.7 Å². The highest BCUT2D eigenvalue weighted by Crippen LogP contribution is 2.45. The molecule has 130 valence electrons. The molecule has 1 nitrogen and oxygen atoms in total. The summed E-state index contributed by atoms with van der Waals surface area (Å²) in [5.74, 6) is 0.336. The average Bonchev–Trinajstić information content (AvgIpc) is 3.07. The number of hydrogen-bond donors (Lipinski definition) is 0. The van der Waals surface area contributed by atoms with E-state index < -0.39 is 0 Å². The predicted molar refractivity (Wildman–Crippen MR) is 111 cm³/mol. The number of thiocarbonyl (C=S) groups is 1. The third kappa shape index (κ3) is 4.01. The van der Waals surface area contributed by atoms with E-state index in [0.717, 1.165) is 24.3 Å². The average molecular weight is 350 g/mol. The molecule has 1 heterocycles. The number of rotatable bonds is 5. The van der Waals surface area contributed by atoms with E-state index in [4.69, 9.17) is 12.2 Å². The quantitative estimate of drug-likeness (QED) is 0.448. The maximum Gasteiger partial charge on any atom is 0.0821 e. The lowest BCUT2D eigenvalue weighted by Crippen LogP contribution is -2.35. The van der Waals surface area contributed by atoms with Crippen LogP contribution in [0.15, 0.2) is 72.8 Å². The van der Waals surface area contributed by atoms with Crippen molar-refractivity contribution in [3.63, 3.8) is 0 Å². The molecule has 0 bridgehead atoms. The summed E-state index contributed by atoms with van der Waals surface area (Å²) in [6.07, 6.45) is 3.24. The molecule has 3 rings (SSSR count). The van der Waals surface area contributed by atoms with Gasteiger partial charge in [0.15, 0.2) is 0 Å². The molecule has 1 aliphatic rings. The molecule has 1 fully saturated rings. The Hall–Kier alpha value is -1.93. The zero-order valence-corrected chi connectivity index (χ0v) is 16.0. The lowest BCUT2D eigenvalue weighted by molar-refractivity contribution is 0.313. The Morgan fingerprint density at radius 1 is 1.00 bits per heavy atom. The molecule has 0 unspecified atom stereocenters. The molecule has 0 saturated carbocycles. The van der Waals surface area contributed by atoms with Crippen LogP contribution < -0.4 is 0 Å². The summed E-state index contributed by atoms with van der Waals surface area (Å²) in [5, 5.41) is 0. The van der Waals surface area contributed by atoms with E-state index in [0.29, 0.717) is 18.0 Å². The summed E-state index contributed by atoms with van der Waals surface area (Å²) in [6, 6.07) is 22.3. The van der Waals surface area contributed by atoms with E-state index in [1.807, 2.05) is 0 Å². The van der Waals surface area contributed by atoms with Crippen molar-refractivity contribution in [2.45, 2.75) is 45.2 Å². The van der Waals surface area contributed by atoms with E-state index in [2.05, 4.69) is 86.0 Å². The highest BCUT2D eigenvalue weighted by Gasteiger charge is 2.37. The number of likely N-dealkylation sites (tertiary alicyclic amines) is 1. The minimum atomic E-state index is 0.336. The maximum absolute atomic E-state index is 5.99. The van der Waals surface area contributed by atoms with Gasteiger partial charge in [-0.15, -0.1) is 6.58 Å². The Balaban J connectivity index is 1.94. The molecular formula is C23H27NS. The first-order valence-corrected chi connectivity index (χ1v) is 9.55. The number of nitrogens with zero attached hydrogens (tertiary/aromatic N) is 1. The minimum absolute atomic E-state index is 0.336. The molecule has 2 heteroatoms. The highest BCUT2D eigenvalue weighted by atomic mass is 32.1. The molecule has 25 heavy (non-hydrogen) atoms. The van der Waals surface area contributed by atoms with Crippen LogP contribution in [0.2, 0.25) is 0 Å². The fraction of sp³-hybridized carbons (Fsp3) is 0.348. The van der Waals surface area contributed by atoms with Gasteiger partial charge >= 0.3 is 0 Å². The zero-order valence-electron chi connectivity index (χ0n) is 15.2. The molecule has 2 aromatic carbocycles. The summed E-state index contributed by atoms with van der Waals surface area (Å²) in [5.41, 5.74) is 3.93. The molecule has 0 aliphatic carbocycles. The van der Waals surface area contributed by atoms with Crippen molar-refractivity contribution in [3.8, 4) is 0 Å². The van der Waals surface area contributed by atoms with Gasteiger partial charge in [-0.1, -0.05) is 85.4 Å². The Labute approximate surface area is 157 Å². The van der Waals surface area contributed by atoms with Crippen LogP contribution in [-0.4, -0.2) is 9.89 Å². The van der Waals surface area contributed by atoms with Crippen LogP contribution in [0.5, 0.6) is 0 Å². The van der Waals surface area contributed by atoms with Gasteiger partial charge in [0.05, 0.1) is 17.1 Å². The van der Waals surface area contributed by atoms with Crippen molar-refractivity contribution < 1.29 is 0 Å². The van der Waals surface area contributed by atoms with Crippen LogP contribution in [0.1, 0.15) is 56.3 Å². The monoisotopic (exact) mass is 349 g/mol. The molecule has 0 N–H and O–H groups in total. The van der Waals surface area contributed by atoms with Crippen LogP contribution in [-0.2, 0) is 0 Å². The molecular weight excluding hydrogens is 322 g/mol. The molecule has 1 saturated heterocycles. The molecule has 1 aliphatic heterocycles. The van der Waals surface area contributed by atoms with Gasteiger partial charge in [-0.05, 0) is 37.3 Å². The van der Waals surface area contributed by atoms with Gasteiger partial charge in [0.1, 0.15) is 0 Å². The van der Waals surface area contributed by atoms with Crippen molar-refractivity contribution >= 4 is 17.2 Å². The summed E-state index contributed by atoms with van der Waals surface area (Å²) >= 11 is 5.99. The second-order valence-corrected chi connectivity index (χ2v) is 7.66. The van der Waals surface area contributed by atoms with Gasteiger partial charge in [-0.2, -0.15) is 0 Å². The van der Waals surface area contributed by atoms with Gasteiger partial charge in [0, 0.05) is 5.92 Å². The molecule has 3 atom stereocenters. The first-order chi connectivity index (χ1) is 12.1. The van der Waals surface area contributed by atoms with Crippen molar-refractivity contribution in [1.82, 2.24) is 4.90 Å². The van der Waals surface area contributed by atoms with Crippen LogP contribution in [0, 0.1) is 5.92 Å². The minimum Gasteiger partial charge on any atom is -0.352 e. The van der Waals surface area contributed by atoms with E-state index in [9.17, 15) is 0 Å². The van der Waals surface area contributed by atoms with Gasteiger partial charge in [-0.25, -0.2) is 0 Å². The maximum atomic E-state index is 5.99. The van der Waals surface area contributed by atoms with Crippen molar-refractivity contribution in [2.75, 3.05) is 0 Å². The van der Waals surface area contributed by atoms with Gasteiger partial charge in [0.2, 0.25) is 0 Å². The fourth-order valence-electron chi connectivity index (χ4n) is 3.99. The normalized spacial score (nSPS) is 21.1. The van der Waals surface area contributed by atoms with E-state index in [1.54, 1.807) is 0 Å². The standard InChI is InChI=1S/C23H27NS/c1-17(2)16-18(3)23(25)24-21(19-10-6-4-7-11-19)14-15-22(24)20-12-8-5-9-13-20/h4-13,18,21-22H,1,14-16H2,2-3H3/t18-,21+,22+/m0/s1. The topological polar surface area (TPSA) is 3.24 Å². The molecule has 0 amide bonds. The molecule has 0 radical (unpaired) electrons. The van der Waals surface area contributed by atoms with Crippen LogP contribution >= 0.6 is 12.2 Å². The van der Waals surface area contributed by atoms with E-state index in [-0.39, 0.29) is 0 Å². The second kappa shape index (κ2) is 7.97. The van der Waals surface area contributed by atoms with E-state index >= 15 is 0 Å². The molecule has 2 aromatic rings. The van der Waals surface area contributed by atoms with Crippen molar-refractivity contribution in [1.29, 1.82) is 0 Å². The summed E-state index contributed by atoms with van der Waals surface area (Å²) in [7, 11) is 0. The lowest BCUT2D eigenvalue weighted by atomic mass is 9.99. The Kier molecular flexibility index (Phi) is 5.70. The summed E-state index contributed by atoms with van der Waals surface area (Å²) < 4.78 is 0.